The van der Waals surface area contributed by atoms with Crippen molar-refractivity contribution in [3.05, 3.63) is 28.3 Å². The quantitative estimate of drug-likeness (QED) is 0.669. The molecule has 0 aliphatic carbocycles. The number of nitrogens with zero attached hydrogens (tertiary/aromatic N) is 2. The van der Waals surface area contributed by atoms with E-state index in [2.05, 4.69) is 0 Å². The third-order valence-electron chi connectivity index (χ3n) is 3.56. The van der Waals surface area contributed by atoms with E-state index in [1.54, 1.807) is 6.07 Å². The smallest absolute Gasteiger partial charge is 0.306 e. The molecule has 0 saturated carbocycles. The normalized spacial score (nSPS) is 15.9. The molecule has 1 aromatic carbocycles. The number of nitro groups is 1. The van der Waals surface area contributed by atoms with Crippen LogP contribution in [0.25, 0.3) is 0 Å². The Morgan fingerprint density at radius 1 is 1.45 bits per heavy atom. The Kier molecular flexibility index (Phi) is 4.07. The molecular formula is C13H16N2O5. The molecule has 1 N–H and O–H groups in total. The number of hydrogen-bond donors (Lipinski definition) is 1. The third-order valence-corrected chi connectivity index (χ3v) is 3.56. The van der Waals surface area contributed by atoms with E-state index < -0.39 is 10.9 Å². The topological polar surface area (TPSA) is 92.9 Å². The molecule has 1 heterocycles. The molecule has 1 aliphatic rings. The highest BCUT2D eigenvalue weighted by Gasteiger charge is 2.26. The van der Waals surface area contributed by atoms with E-state index in [9.17, 15) is 14.9 Å². The van der Waals surface area contributed by atoms with E-state index in [0.29, 0.717) is 31.7 Å². The standard InChI is InChI=1S/C13H16N2O5/c1-20-12-8-10(15(18)19)2-3-11(12)14-6-4-9(5-7-14)13(16)17/h2-3,8-9H,4-7H2,1H3,(H,16,17). The van der Waals surface area contributed by atoms with Gasteiger partial charge in [0.05, 0.1) is 29.7 Å². The highest BCUT2D eigenvalue weighted by Crippen LogP contribution is 2.34. The van der Waals surface area contributed by atoms with Gasteiger partial charge in [-0.25, -0.2) is 0 Å². The van der Waals surface area contributed by atoms with Crippen LogP contribution in [0.4, 0.5) is 11.4 Å². The first-order valence-electron chi connectivity index (χ1n) is 6.33. The first kappa shape index (κ1) is 14.1. The average Bonchev–Trinajstić information content (AvgIpc) is 2.46. The number of aliphatic carboxylic acids is 1. The van der Waals surface area contributed by atoms with Crippen molar-refractivity contribution in [2.24, 2.45) is 5.92 Å². The zero-order valence-corrected chi connectivity index (χ0v) is 11.1. The lowest BCUT2D eigenvalue weighted by molar-refractivity contribution is -0.384. The van der Waals surface area contributed by atoms with Gasteiger partial charge in [0, 0.05) is 19.2 Å². The van der Waals surface area contributed by atoms with Crippen LogP contribution in [-0.2, 0) is 4.79 Å². The number of hydrogen-bond acceptors (Lipinski definition) is 5. The van der Waals surface area contributed by atoms with Crippen LogP contribution in [0.15, 0.2) is 18.2 Å². The number of carboxylic acids is 1. The van der Waals surface area contributed by atoms with E-state index in [0.717, 1.165) is 5.69 Å². The van der Waals surface area contributed by atoms with E-state index in [1.165, 1.54) is 19.2 Å². The summed E-state index contributed by atoms with van der Waals surface area (Å²) in [4.78, 5) is 23.2. The number of carbonyl (C=O) groups is 1. The molecule has 0 bridgehead atoms. The largest absolute Gasteiger partial charge is 0.494 e. The van der Waals surface area contributed by atoms with E-state index >= 15 is 0 Å². The Hall–Kier alpha value is -2.31. The lowest BCUT2D eigenvalue weighted by Crippen LogP contribution is -2.36. The third kappa shape index (κ3) is 2.81. The van der Waals surface area contributed by atoms with Gasteiger partial charge in [-0.15, -0.1) is 0 Å². The number of anilines is 1. The number of ether oxygens (including phenoxy) is 1. The first-order valence-corrected chi connectivity index (χ1v) is 6.33. The first-order chi connectivity index (χ1) is 9.52. The van der Waals surface area contributed by atoms with Crippen molar-refractivity contribution in [1.82, 2.24) is 0 Å². The van der Waals surface area contributed by atoms with Gasteiger partial charge in [0.15, 0.2) is 0 Å². The number of nitro benzene ring substituents is 1. The molecule has 0 spiro atoms. The minimum atomic E-state index is -0.764. The molecule has 0 aromatic heterocycles. The second-order valence-electron chi connectivity index (χ2n) is 4.71. The fraction of sp³-hybridized carbons (Fsp3) is 0.462. The molecular weight excluding hydrogens is 264 g/mol. The number of rotatable bonds is 4. The van der Waals surface area contributed by atoms with E-state index in [1.807, 2.05) is 4.90 Å². The minimum Gasteiger partial charge on any atom is -0.494 e. The predicted molar refractivity (Wildman–Crippen MR) is 72.2 cm³/mol. The molecule has 1 aromatic rings. The zero-order valence-electron chi connectivity index (χ0n) is 11.1. The number of non-ortho nitro benzene ring substituents is 1. The molecule has 7 heteroatoms. The summed E-state index contributed by atoms with van der Waals surface area (Å²) >= 11 is 0. The second-order valence-corrected chi connectivity index (χ2v) is 4.71. The Morgan fingerprint density at radius 2 is 2.10 bits per heavy atom. The Balaban J connectivity index is 2.17. The van der Waals surface area contributed by atoms with Gasteiger partial charge in [-0.1, -0.05) is 0 Å². The van der Waals surface area contributed by atoms with Gasteiger partial charge in [-0.2, -0.15) is 0 Å². The SMILES string of the molecule is COc1cc([N+](=O)[O-])ccc1N1CCC(C(=O)O)CC1. The lowest BCUT2D eigenvalue weighted by atomic mass is 9.96. The number of methoxy groups -OCH3 is 1. The van der Waals surface area contributed by atoms with Crippen LogP contribution in [0, 0.1) is 16.0 Å². The predicted octanol–water partition coefficient (Wildman–Crippen LogP) is 1.90. The summed E-state index contributed by atoms with van der Waals surface area (Å²) in [5.41, 5.74) is 0.743. The Bertz CT molecular complexity index is 523. The molecule has 1 saturated heterocycles. The van der Waals surface area contributed by atoms with Crippen molar-refractivity contribution >= 4 is 17.3 Å². The van der Waals surface area contributed by atoms with Crippen LogP contribution in [0.3, 0.4) is 0 Å². The Labute approximate surface area is 115 Å². The molecule has 7 nitrogen and oxygen atoms in total. The maximum atomic E-state index is 10.9. The van der Waals surface area contributed by atoms with Gasteiger partial charge in [-0.05, 0) is 18.9 Å². The van der Waals surface area contributed by atoms with Crippen molar-refractivity contribution < 1.29 is 19.6 Å². The number of carboxylic acid groups (broad SMARTS) is 1. The molecule has 0 unspecified atom stereocenters. The Morgan fingerprint density at radius 3 is 2.60 bits per heavy atom. The van der Waals surface area contributed by atoms with Crippen LogP contribution >= 0.6 is 0 Å². The maximum Gasteiger partial charge on any atom is 0.306 e. The second kappa shape index (κ2) is 5.77. The molecule has 20 heavy (non-hydrogen) atoms. The monoisotopic (exact) mass is 280 g/mol. The van der Waals surface area contributed by atoms with E-state index in [4.69, 9.17) is 9.84 Å². The molecule has 0 atom stereocenters. The fourth-order valence-electron chi connectivity index (χ4n) is 2.41. The average molecular weight is 280 g/mol. The molecule has 108 valence electrons. The maximum absolute atomic E-state index is 10.9. The molecule has 0 radical (unpaired) electrons. The highest BCUT2D eigenvalue weighted by atomic mass is 16.6. The fourth-order valence-corrected chi connectivity index (χ4v) is 2.41. The van der Waals surface area contributed by atoms with Crippen molar-refractivity contribution in [2.45, 2.75) is 12.8 Å². The van der Waals surface area contributed by atoms with Gasteiger partial charge in [-0.3, -0.25) is 14.9 Å². The van der Waals surface area contributed by atoms with Gasteiger partial charge >= 0.3 is 5.97 Å². The van der Waals surface area contributed by atoms with E-state index in [-0.39, 0.29) is 11.6 Å². The van der Waals surface area contributed by atoms with Crippen molar-refractivity contribution in [1.29, 1.82) is 0 Å². The molecule has 1 aliphatic heterocycles. The summed E-state index contributed by atoms with van der Waals surface area (Å²) in [6, 6.07) is 4.47. The summed E-state index contributed by atoms with van der Waals surface area (Å²) in [5, 5.41) is 19.7. The summed E-state index contributed by atoms with van der Waals surface area (Å²) < 4.78 is 5.20. The number of piperidine rings is 1. The van der Waals surface area contributed by atoms with Crippen LogP contribution in [0.2, 0.25) is 0 Å². The van der Waals surface area contributed by atoms with Crippen molar-refractivity contribution in [3.63, 3.8) is 0 Å². The summed E-state index contributed by atoms with van der Waals surface area (Å²) in [7, 11) is 1.46. The van der Waals surface area contributed by atoms with Gasteiger partial charge in [0.2, 0.25) is 0 Å². The van der Waals surface area contributed by atoms with Crippen molar-refractivity contribution in [3.8, 4) is 5.75 Å². The number of benzene rings is 1. The summed E-state index contributed by atoms with van der Waals surface area (Å²) in [6.07, 6.45) is 1.13. The minimum absolute atomic E-state index is 0.0222. The summed E-state index contributed by atoms with van der Waals surface area (Å²) in [6.45, 7) is 1.20. The van der Waals surface area contributed by atoms with Crippen LogP contribution in [0.5, 0.6) is 5.75 Å². The zero-order chi connectivity index (χ0) is 14.7. The van der Waals surface area contributed by atoms with Crippen molar-refractivity contribution in [2.75, 3.05) is 25.1 Å². The summed E-state index contributed by atoms with van der Waals surface area (Å²) in [5.74, 6) is -0.636. The van der Waals surface area contributed by atoms with Gasteiger partial charge < -0.3 is 14.7 Å². The van der Waals surface area contributed by atoms with Crippen LogP contribution < -0.4 is 9.64 Å². The molecule has 2 rings (SSSR count). The van der Waals surface area contributed by atoms with Crippen LogP contribution in [0.1, 0.15) is 12.8 Å². The lowest BCUT2D eigenvalue weighted by Gasteiger charge is -2.32. The molecule has 1 fully saturated rings. The van der Waals surface area contributed by atoms with Crippen LogP contribution in [-0.4, -0.2) is 36.2 Å². The van der Waals surface area contributed by atoms with Gasteiger partial charge in [0.25, 0.3) is 5.69 Å². The highest BCUT2D eigenvalue weighted by molar-refractivity contribution is 5.71. The van der Waals surface area contributed by atoms with Gasteiger partial charge in [0.1, 0.15) is 5.75 Å². The molecule has 0 amide bonds.